The second-order valence-electron chi connectivity index (χ2n) is 7.86. The number of pyridine rings is 1. The maximum Gasteiger partial charge on any atom is 0.325 e. The first kappa shape index (κ1) is 25.4. The molecule has 1 amide bonds. The summed E-state index contributed by atoms with van der Waals surface area (Å²) in [6, 6.07) is 8.32. The third-order valence-corrected chi connectivity index (χ3v) is 7.60. The molecule has 0 unspecified atom stereocenters. The molecule has 2 aromatic rings. The van der Waals surface area contributed by atoms with Gasteiger partial charge in [0.2, 0.25) is 15.9 Å². The lowest BCUT2D eigenvalue weighted by Crippen LogP contribution is -2.45. The van der Waals surface area contributed by atoms with Crippen LogP contribution in [0.1, 0.15) is 18.4 Å². The van der Waals surface area contributed by atoms with Gasteiger partial charge in [-0.2, -0.15) is 4.31 Å². The molecule has 0 atom stereocenters. The quantitative estimate of drug-likeness (QED) is 0.487. The van der Waals surface area contributed by atoms with E-state index in [1.807, 2.05) is 0 Å². The first-order chi connectivity index (χ1) is 16.3. The minimum absolute atomic E-state index is 0.124. The number of nitrogens with zero attached hydrogens (tertiary/aromatic N) is 3. The second-order valence-corrected chi connectivity index (χ2v) is 9.80. The van der Waals surface area contributed by atoms with E-state index >= 15 is 0 Å². The number of esters is 1. The molecule has 34 heavy (non-hydrogen) atoms. The van der Waals surface area contributed by atoms with E-state index in [9.17, 15) is 18.0 Å². The number of hydrogen-bond donors (Lipinski definition) is 0. The van der Waals surface area contributed by atoms with Crippen LogP contribution in [0.25, 0.3) is 0 Å². The van der Waals surface area contributed by atoms with E-state index in [4.69, 9.17) is 14.2 Å². The summed E-state index contributed by atoms with van der Waals surface area (Å²) in [5.41, 5.74) is 0.727. The van der Waals surface area contributed by atoms with Crippen LogP contribution in [0.2, 0.25) is 0 Å². The molecule has 0 N–H and O–H groups in total. The fourth-order valence-electron chi connectivity index (χ4n) is 3.86. The highest BCUT2D eigenvalue weighted by atomic mass is 32.2. The third-order valence-electron chi connectivity index (χ3n) is 5.72. The zero-order valence-electron chi connectivity index (χ0n) is 19.5. The Kier molecular flexibility index (Phi) is 8.46. The van der Waals surface area contributed by atoms with Crippen LogP contribution in [0.4, 0.5) is 0 Å². The molecule has 0 aliphatic carbocycles. The first-order valence-corrected chi connectivity index (χ1v) is 12.2. The standard InChI is InChI=1S/C23H29N3O7S/c1-31-19-11-17(12-20(13-19)32-2)15-25(16-22(27)33-3)23(28)18-6-9-26(10-7-18)34(29,30)21-5-4-8-24-14-21/h4-5,8,11-14,18H,6-7,9-10,15-16H2,1-3H3. The highest BCUT2D eigenvalue weighted by molar-refractivity contribution is 7.89. The van der Waals surface area contributed by atoms with Crippen molar-refractivity contribution in [2.75, 3.05) is 41.0 Å². The molecule has 0 saturated carbocycles. The molecule has 184 valence electrons. The van der Waals surface area contributed by atoms with Crippen molar-refractivity contribution < 1.29 is 32.2 Å². The van der Waals surface area contributed by atoms with Crippen molar-refractivity contribution in [2.45, 2.75) is 24.3 Å². The molecule has 0 bridgehead atoms. The highest BCUT2D eigenvalue weighted by Gasteiger charge is 2.34. The second kappa shape index (κ2) is 11.3. The molecule has 1 aliphatic rings. The smallest absolute Gasteiger partial charge is 0.325 e. The lowest BCUT2D eigenvalue weighted by atomic mass is 9.96. The van der Waals surface area contributed by atoms with E-state index in [0.717, 1.165) is 5.56 Å². The van der Waals surface area contributed by atoms with Crippen molar-refractivity contribution in [3.8, 4) is 11.5 Å². The van der Waals surface area contributed by atoms with Gasteiger partial charge in [-0.3, -0.25) is 14.6 Å². The van der Waals surface area contributed by atoms with Crippen LogP contribution in [0, 0.1) is 5.92 Å². The number of carbonyl (C=O) groups excluding carboxylic acids is 2. The first-order valence-electron chi connectivity index (χ1n) is 10.8. The summed E-state index contributed by atoms with van der Waals surface area (Å²) in [6.07, 6.45) is 3.51. The number of hydrogen-bond acceptors (Lipinski definition) is 8. The van der Waals surface area contributed by atoms with E-state index in [-0.39, 0.29) is 37.0 Å². The Bertz CT molecular complexity index is 1080. The lowest BCUT2D eigenvalue weighted by Gasteiger charge is -2.33. The molecule has 1 fully saturated rings. The number of carbonyl (C=O) groups is 2. The average Bonchev–Trinajstić information content (AvgIpc) is 2.88. The molecule has 11 heteroatoms. The minimum Gasteiger partial charge on any atom is -0.497 e. The molecule has 1 aromatic heterocycles. The lowest BCUT2D eigenvalue weighted by molar-refractivity contribution is -0.149. The van der Waals surface area contributed by atoms with Crippen molar-refractivity contribution in [1.82, 2.24) is 14.2 Å². The fourth-order valence-corrected chi connectivity index (χ4v) is 5.29. The topological polar surface area (TPSA) is 115 Å². The summed E-state index contributed by atoms with van der Waals surface area (Å²) < 4.78 is 42.4. The summed E-state index contributed by atoms with van der Waals surface area (Å²) in [7, 11) is 0.653. The number of amides is 1. The van der Waals surface area contributed by atoms with Gasteiger partial charge in [0.05, 0.1) is 21.3 Å². The number of methoxy groups -OCH3 is 3. The van der Waals surface area contributed by atoms with Gasteiger partial charge in [-0.15, -0.1) is 0 Å². The molecule has 1 aromatic carbocycles. The Balaban J connectivity index is 1.73. The summed E-state index contributed by atoms with van der Waals surface area (Å²) in [5.74, 6) is -0.0645. The van der Waals surface area contributed by atoms with Gasteiger partial charge in [0.15, 0.2) is 0 Å². The highest BCUT2D eigenvalue weighted by Crippen LogP contribution is 2.27. The van der Waals surface area contributed by atoms with Crippen molar-refractivity contribution in [3.05, 3.63) is 48.3 Å². The molecule has 10 nitrogen and oxygen atoms in total. The van der Waals surface area contributed by atoms with E-state index in [1.165, 1.54) is 49.0 Å². The summed E-state index contributed by atoms with van der Waals surface area (Å²) in [5, 5.41) is 0. The van der Waals surface area contributed by atoms with Crippen molar-refractivity contribution in [3.63, 3.8) is 0 Å². The number of sulfonamides is 1. The van der Waals surface area contributed by atoms with Gasteiger partial charge in [0, 0.05) is 44.0 Å². The minimum atomic E-state index is -3.67. The number of benzene rings is 1. The fraction of sp³-hybridized carbons (Fsp3) is 0.435. The molecule has 0 spiro atoms. The van der Waals surface area contributed by atoms with E-state index in [2.05, 4.69) is 4.98 Å². The zero-order valence-corrected chi connectivity index (χ0v) is 20.3. The Labute approximate surface area is 199 Å². The molecular weight excluding hydrogens is 462 g/mol. The Morgan fingerprint density at radius 2 is 1.74 bits per heavy atom. The third kappa shape index (κ3) is 6.03. The summed E-state index contributed by atoms with van der Waals surface area (Å²) >= 11 is 0. The molecule has 0 radical (unpaired) electrons. The number of ether oxygens (including phenoxy) is 3. The normalized spacial score (nSPS) is 14.9. The van der Waals surface area contributed by atoms with Crippen LogP contribution in [-0.4, -0.2) is 75.4 Å². The van der Waals surface area contributed by atoms with E-state index < -0.39 is 21.9 Å². The van der Waals surface area contributed by atoms with Gasteiger partial charge in [-0.1, -0.05) is 0 Å². The monoisotopic (exact) mass is 491 g/mol. The number of rotatable bonds is 9. The van der Waals surface area contributed by atoms with Crippen molar-refractivity contribution in [1.29, 1.82) is 0 Å². The van der Waals surface area contributed by atoms with Crippen molar-refractivity contribution in [2.24, 2.45) is 5.92 Å². The molecular formula is C23H29N3O7S. The predicted octanol–water partition coefficient (Wildman–Crippen LogP) is 1.70. The van der Waals surface area contributed by atoms with Crippen LogP contribution < -0.4 is 9.47 Å². The molecule has 3 rings (SSSR count). The molecule has 1 aliphatic heterocycles. The van der Waals surface area contributed by atoms with Crippen LogP contribution in [-0.2, 0) is 30.9 Å². The van der Waals surface area contributed by atoms with Crippen molar-refractivity contribution >= 4 is 21.9 Å². The van der Waals surface area contributed by atoms with Crippen LogP contribution in [0.3, 0.4) is 0 Å². The zero-order chi connectivity index (χ0) is 24.7. The SMILES string of the molecule is COC(=O)CN(Cc1cc(OC)cc(OC)c1)C(=O)C1CCN(S(=O)(=O)c2cccnc2)CC1. The van der Waals surface area contributed by atoms with Gasteiger partial charge in [0.1, 0.15) is 22.9 Å². The van der Waals surface area contributed by atoms with Gasteiger partial charge in [-0.25, -0.2) is 8.42 Å². The Morgan fingerprint density at radius 3 is 2.26 bits per heavy atom. The van der Waals surface area contributed by atoms with Gasteiger partial charge >= 0.3 is 5.97 Å². The number of aromatic nitrogens is 1. The van der Waals surface area contributed by atoms with Gasteiger partial charge in [0.25, 0.3) is 0 Å². The van der Waals surface area contributed by atoms with Crippen LogP contribution >= 0.6 is 0 Å². The summed E-state index contributed by atoms with van der Waals surface area (Å²) in [6.45, 7) is 0.331. The Hall–Kier alpha value is -3.18. The van der Waals surface area contributed by atoms with Crippen LogP contribution in [0.15, 0.2) is 47.6 Å². The molecule has 2 heterocycles. The van der Waals surface area contributed by atoms with Gasteiger partial charge in [-0.05, 0) is 42.7 Å². The predicted molar refractivity (Wildman–Crippen MR) is 123 cm³/mol. The number of piperidine rings is 1. The molecule has 1 saturated heterocycles. The Morgan fingerprint density at radius 1 is 1.09 bits per heavy atom. The average molecular weight is 492 g/mol. The van der Waals surface area contributed by atoms with E-state index in [1.54, 1.807) is 24.3 Å². The van der Waals surface area contributed by atoms with Crippen LogP contribution in [0.5, 0.6) is 11.5 Å². The maximum atomic E-state index is 13.4. The largest absolute Gasteiger partial charge is 0.497 e. The van der Waals surface area contributed by atoms with E-state index in [0.29, 0.717) is 24.3 Å². The summed E-state index contributed by atoms with van der Waals surface area (Å²) in [4.78, 5) is 30.8. The van der Waals surface area contributed by atoms with Gasteiger partial charge < -0.3 is 19.1 Å². The maximum absolute atomic E-state index is 13.4.